The standard InChI is InChI=1S/C28H28F3N7O/c1-16(2)18-8-6-7-9-19(18)24-33-13-21-26(35-24)38(27(32)37(21)4)14-17-10-11-20(22(12-17)39-5)25-34-23(15-36(25)3)28(29,30)31/h6-13,15-16,32H,14H2,1-5H3. The molecule has 0 aliphatic rings. The fourth-order valence-corrected chi connectivity index (χ4v) is 4.74. The van der Waals surface area contributed by atoms with Crippen LogP contribution in [0.25, 0.3) is 33.9 Å². The van der Waals surface area contributed by atoms with Gasteiger partial charge in [0.1, 0.15) is 17.1 Å². The van der Waals surface area contributed by atoms with Crippen molar-refractivity contribution in [1.29, 1.82) is 5.41 Å². The Morgan fingerprint density at radius 1 is 1.03 bits per heavy atom. The normalized spacial score (nSPS) is 12.0. The van der Waals surface area contributed by atoms with Crippen molar-refractivity contribution in [2.24, 2.45) is 14.1 Å². The van der Waals surface area contributed by atoms with Crippen LogP contribution in [0.3, 0.4) is 0 Å². The van der Waals surface area contributed by atoms with Crippen molar-refractivity contribution in [3.8, 4) is 28.5 Å². The minimum atomic E-state index is -4.55. The molecule has 0 unspecified atom stereocenters. The number of ether oxygens (including phenoxy) is 1. The van der Waals surface area contributed by atoms with E-state index in [9.17, 15) is 13.2 Å². The van der Waals surface area contributed by atoms with E-state index in [2.05, 4.69) is 29.9 Å². The van der Waals surface area contributed by atoms with E-state index in [1.165, 1.54) is 18.7 Å². The van der Waals surface area contributed by atoms with Crippen molar-refractivity contribution in [2.45, 2.75) is 32.5 Å². The summed E-state index contributed by atoms with van der Waals surface area (Å²) in [6.45, 7) is 4.53. The van der Waals surface area contributed by atoms with Gasteiger partial charge >= 0.3 is 6.18 Å². The minimum Gasteiger partial charge on any atom is -0.496 e. The lowest BCUT2D eigenvalue weighted by Crippen LogP contribution is -2.23. The van der Waals surface area contributed by atoms with E-state index in [4.69, 9.17) is 15.1 Å². The van der Waals surface area contributed by atoms with E-state index in [0.29, 0.717) is 34.8 Å². The first kappa shape index (κ1) is 26.2. The smallest absolute Gasteiger partial charge is 0.434 e. The van der Waals surface area contributed by atoms with Gasteiger partial charge in [-0.1, -0.05) is 44.2 Å². The Morgan fingerprint density at radius 3 is 2.44 bits per heavy atom. The summed E-state index contributed by atoms with van der Waals surface area (Å²) in [6, 6.07) is 13.2. The van der Waals surface area contributed by atoms with Gasteiger partial charge in [0, 0.05) is 25.9 Å². The van der Waals surface area contributed by atoms with Crippen molar-refractivity contribution in [3.63, 3.8) is 0 Å². The van der Waals surface area contributed by atoms with Gasteiger partial charge in [0.15, 0.2) is 17.2 Å². The number of halogens is 3. The van der Waals surface area contributed by atoms with Crippen LogP contribution in [0.15, 0.2) is 54.9 Å². The van der Waals surface area contributed by atoms with Gasteiger partial charge in [-0.05, 0) is 29.2 Å². The molecule has 39 heavy (non-hydrogen) atoms. The van der Waals surface area contributed by atoms with Crippen LogP contribution in [-0.2, 0) is 26.8 Å². The monoisotopic (exact) mass is 535 g/mol. The fourth-order valence-electron chi connectivity index (χ4n) is 4.74. The second kappa shape index (κ2) is 9.72. The molecule has 0 saturated carbocycles. The van der Waals surface area contributed by atoms with Crippen LogP contribution >= 0.6 is 0 Å². The minimum absolute atomic E-state index is 0.144. The van der Waals surface area contributed by atoms with Crippen LogP contribution in [0.4, 0.5) is 13.2 Å². The van der Waals surface area contributed by atoms with E-state index in [0.717, 1.165) is 22.9 Å². The Labute approximate surface area is 222 Å². The maximum absolute atomic E-state index is 13.2. The largest absolute Gasteiger partial charge is 0.496 e. The van der Waals surface area contributed by atoms with Crippen LogP contribution in [0.1, 0.15) is 36.6 Å². The van der Waals surface area contributed by atoms with Crippen LogP contribution in [0.2, 0.25) is 0 Å². The van der Waals surface area contributed by atoms with E-state index >= 15 is 0 Å². The van der Waals surface area contributed by atoms with Crippen molar-refractivity contribution in [3.05, 3.63) is 77.3 Å². The first-order chi connectivity index (χ1) is 18.5. The highest BCUT2D eigenvalue weighted by molar-refractivity contribution is 5.74. The maximum Gasteiger partial charge on any atom is 0.434 e. The predicted octanol–water partition coefficient (Wildman–Crippen LogP) is 5.52. The molecule has 5 aromatic rings. The summed E-state index contributed by atoms with van der Waals surface area (Å²) in [5.74, 6) is 1.38. The third-order valence-corrected chi connectivity index (χ3v) is 6.78. The molecule has 0 atom stereocenters. The van der Waals surface area contributed by atoms with Gasteiger partial charge in [0.25, 0.3) is 0 Å². The molecule has 0 bridgehead atoms. The molecule has 0 saturated heterocycles. The number of nitrogens with zero attached hydrogens (tertiary/aromatic N) is 6. The molecule has 0 fully saturated rings. The number of hydrogen-bond donors (Lipinski definition) is 1. The first-order valence-electron chi connectivity index (χ1n) is 12.3. The number of methoxy groups -OCH3 is 1. The van der Waals surface area contributed by atoms with Crippen LogP contribution in [0.5, 0.6) is 5.75 Å². The Kier molecular flexibility index (Phi) is 6.53. The van der Waals surface area contributed by atoms with E-state index < -0.39 is 11.9 Å². The molecular formula is C28H28F3N7O. The summed E-state index contributed by atoms with van der Waals surface area (Å²) in [7, 11) is 4.76. The number of aryl methyl sites for hydroxylation is 2. The molecule has 0 aliphatic carbocycles. The third kappa shape index (κ3) is 4.68. The Hall–Kier alpha value is -4.41. The zero-order chi connectivity index (χ0) is 28.1. The number of aromatic nitrogens is 6. The molecule has 8 nitrogen and oxygen atoms in total. The highest BCUT2D eigenvalue weighted by Crippen LogP contribution is 2.35. The zero-order valence-electron chi connectivity index (χ0n) is 22.2. The van der Waals surface area contributed by atoms with Gasteiger partial charge in [-0.2, -0.15) is 13.2 Å². The molecule has 0 aliphatic heterocycles. The molecule has 3 heterocycles. The quantitative estimate of drug-likeness (QED) is 0.310. The van der Waals surface area contributed by atoms with Crippen molar-refractivity contribution in [1.82, 2.24) is 28.7 Å². The average molecular weight is 536 g/mol. The van der Waals surface area contributed by atoms with Gasteiger partial charge in [0.05, 0.1) is 25.4 Å². The molecular weight excluding hydrogens is 507 g/mol. The molecule has 0 spiro atoms. The van der Waals surface area contributed by atoms with E-state index in [1.807, 2.05) is 18.2 Å². The zero-order valence-corrected chi connectivity index (χ0v) is 22.2. The summed E-state index contributed by atoms with van der Waals surface area (Å²) in [6.07, 6.45) is -1.86. The number of imidazole rings is 2. The van der Waals surface area contributed by atoms with Gasteiger partial charge < -0.3 is 13.9 Å². The van der Waals surface area contributed by atoms with Gasteiger partial charge in [0.2, 0.25) is 5.62 Å². The fraction of sp³-hybridized carbons (Fsp3) is 0.286. The number of hydrogen-bond acceptors (Lipinski definition) is 5. The van der Waals surface area contributed by atoms with Crippen LogP contribution < -0.4 is 10.4 Å². The Morgan fingerprint density at radius 2 is 1.77 bits per heavy atom. The lowest BCUT2D eigenvalue weighted by Gasteiger charge is -2.13. The van der Waals surface area contributed by atoms with Crippen molar-refractivity contribution in [2.75, 3.05) is 7.11 Å². The summed E-state index contributed by atoms with van der Waals surface area (Å²) in [4.78, 5) is 13.3. The molecule has 3 aromatic heterocycles. The SMILES string of the molecule is COc1cc(Cn2c(=N)n(C)c3cnc(-c4ccccc4C(C)C)nc32)ccc1-c1nc(C(F)(F)F)cn1C. The van der Waals surface area contributed by atoms with Crippen LogP contribution in [-0.4, -0.2) is 35.8 Å². The van der Waals surface area contributed by atoms with E-state index in [-0.39, 0.29) is 17.4 Å². The number of fused-ring (bicyclic) bond motifs is 1. The summed E-state index contributed by atoms with van der Waals surface area (Å²) < 4.78 is 50.0. The maximum atomic E-state index is 13.2. The topological polar surface area (TPSA) is 86.5 Å². The number of rotatable bonds is 6. The highest BCUT2D eigenvalue weighted by Gasteiger charge is 2.35. The molecule has 202 valence electrons. The van der Waals surface area contributed by atoms with Crippen molar-refractivity contribution >= 4 is 11.2 Å². The summed E-state index contributed by atoms with van der Waals surface area (Å²) in [5, 5.41) is 8.73. The van der Waals surface area contributed by atoms with E-state index in [1.54, 1.807) is 40.6 Å². The number of alkyl halides is 3. The highest BCUT2D eigenvalue weighted by atomic mass is 19.4. The van der Waals surface area contributed by atoms with Crippen LogP contribution in [0, 0.1) is 5.41 Å². The average Bonchev–Trinajstić information content (AvgIpc) is 3.41. The molecule has 0 amide bonds. The van der Waals surface area contributed by atoms with Crippen molar-refractivity contribution < 1.29 is 17.9 Å². The molecule has 1 N–H and O–H groups in total. The van der Waals surface area contributed by atoms with Gasteiger partial charge in [-0.3, -0.25) is 9.98 Å². The first-order valence-corrected chi connectivity index (χ1v) is 12.3. The second-order valence-corrected chi connectivity index (χ2v) is 9.71. The van der Waals surface area contributed by atoms with Gasteiger partial charge in [-0.25, -0.2) is 15.0 Å². The summed E-state index contributed by atoms with van der Waals surface area (Å²) >= 11 is 0. The molecule has 11 heteroatoms. The number of benzene rings is 2. The third-order valence-electron chi connectivity index (χ3n) is 6.78. The lowest BCUT2D eigenvalue weighted by molar-refractivity contribution is -0.140. The number of nitrogens with one attached hydrogen (secondary N) is 1. The Bertz CT molecular complexity index is 1740. The molecule has 2 aromatic carbocycles. The molecule has 5 rings (SSSR count). The summed E-state index contributed by atoms with van der Waals surface area (Å²) in [5.41, 5.74) is 3.87. The predicted molar refractivity (Wildman–Crippen MR) is 141 cm³/mol. The molecule has 0 radical (unpaired) electrons. The van der Waals surface area contributed by atoms with Gasteiger partial charge in [-0.15, -0.1) is 0 Å². The lowest BCUT2D eigenvalue weighted by atomic mass is 9.97. The second-order valence-electron chi connectivity index (χ2n) is 9.71. The Balaban J connectivity index is 1.57.